The van der Waals surface area contributed by atoms with Crippen molar-refractivity contribution in [3.8, 4) is 0 Å². The summed E-state index contributed by atoms with van der Waals surface area (Å²) in [7, 11) is 0. The van der Waals surface area contributed by atoms with Crippen molar-refractivity contribution in [2.45, 2.75) is 13.2 Å². The van der Waals surface area contributed by atoms with Crippen LogP contribution in [-0.4, -0.2) is 16.2 Å². The number of ether oxygens (including phenoxy) is 1. The van der Waals surface area contributed by atoms with Crippen molar-refractivity contribution in [2.24, 2.45) is 0 Å². The van der Waals surface area contributed by atoms with Gasteiger partial charge in [-0.15, -0.1) is 0 Å². The van der Waals surface area contributed by atoms with Gasteiger partial charge >= 0.3 is 6.09 Å². The Bertz CT molecular complexity index is 543. The van der Waals surface area contributed by atoms with Gasteiger partial charge in [0.15, 0.2) is 0 Å². The fourth-order valence-electron chi connectivity index (χ4n) is 1.54. The molecule has 5 heteroatoms. The molecule has 1 aromatic carbocycles. The third-order valence-corrected chi connectivity index (χ3v) is 2.53. The van der Waals surface area contributed by atoms with Gasteiger partial charge in [-0.2, -0.15) is 0 Å². The van der Waals surface area contributed by atoms with E-state index in [1.165, 1.54) is 6.20 Å². The first-order chi connectivity index (χ1) is 9.29. The molecular formula is C14H14N2O3. The number of amides is 1. The van der Waals surface area contributed by atoms with Gasteiger partial charge in [-0.25, -0.2) is 4.79 Å². The number of rotatable bonds is 4. The number of carbonyl (C=O) groups is 1. The lowest BCUT2D eigenvalue weighted by atomic mass is 10.2. The monoisotopic (exact) mass is 258 g/mol. The zero-order valence-corrected chi connectivity index (χ0v) is 10.2. The number of nitrogens with zero attached hydrogens (tertiary/aromatic N) is 1. The highest BCUT2D eigenvalue weighted by Gasteiger charge is 2.07. The highest BCUT2D eigenvalue weighted by Crippen LogP contribution is 2.13. The standard InChI is InChI=1S/C14H14N2O3/c17-9-12-6-7-15-8-13(12)16-14(18)19-10-11-4-2-1-3-5-11/h1-8,17H,9-10H2,(H,16,18). The van der Waals surface area contributed by atoms with Gasteiger partial charge in [0.05, 0.1) is 18.5 Å². The van der Waals surface area contributed by atoms with Crippen molar-refractivity contribution < 1.29 is 14.6 Å². The first-order valence-corrected chi connectivity index (χ1v) is 5.81. The molecule has 0 aliphatic rings. The second-order valence-corrected chi connectivity index (χ2v) is 3.88. The number of benzene rings is 1. The van der Waals surface area contributed by atoms with E-state index in [1.54, 1.807) is 12.3 Å². The second-order valence-electron chi connectivity index (χ2n) is 3.88. The number of hydrogen-bond donors (Lipinski definition) is 2. The normalized spacial score (nSPS) is 9.95. The van der Waals surface area contributed by atoms with Crippen LogP contribution < -0.4 is 5.32 Å². The van der Waals surface area contributed by atoms with Crippen LogP contribution in [0.3, 0.4) is 0 Å². The van der Waals surface area contributed by atoms with Crippen LogP contribution in [0.1, 0.15) is 11.1 Å². The first kappa shape index (κ1) is 13.0. The zero-order valence-electron chi connectivity index (χ0n) is 10.2. The molecule has 2 N–H and O–H groups in total. The average molecular weight is 258 g/mol. The maximum atomic E-state index is 11.6. The number of aromatic nitrogens is 1. The predicted octanol–water partition coefficient (Wildman–Crippen LogP) is 2.32. The van der Waals surface area contributed by atoms with Crippen molar-refractivity contribution in [1.29, 1.82) is 0 Å². The summed E-state index contributed by atoms with van der Waals surface area (Å²) in [5.41, 5.74) is 1.95. The molecule has 1 amide bonds. The van der Waals surface area contributed by atoms with E-state index in [9.17, 15) is 4.79 Å². The molecule has 0 fully saturated rings. The molecule has 0 atom stereocenters. The minimum absolute atomic E-state index is 0.170. The number of aliphatic hydroxyl groups excluding tert-OH is 1. The van der Waals surface area contributed by atoms with E-state index in [-0.39, 0.29) is 13.2 Å². The average Bonchev–Trinajstić information content (AvgIpc) is 2.47. The first-order valence-electron chi connectivity index (χ1n) is 5.81. The molecular weight excluding hydrogens is 244 g/mol. The van der Waals surface area contributed by atoms with Gasteiger partial charge in [-0.05, 0) is 11.6 Å². The van der Waals surface area contributed by atoms with E-state index in [4.69, 9.17) is 9.84 Å². The van der Waals surface area contributed by atoms with Crippen molar-refractivity contribution >= 4 is 11.8 Å². The highest BCUT2D eigenvalue weighted by atomic mass is 16.5. The topological polar surface area (TPSA) is 71.5 Å². The summed E-state index contributed by atoms with van der Waals surface area (Å²) < 4.78 is 5.07. The minimum Gasteiger partial charge on any atom is -0.444 e. The van der Waals surface area contributed by atoms with E-state index >= 15 is 0 Å². The molecule has 1 heterocycles. The second kappa shape index (κ2) is 6.51. The smallest absolute Gasteiger partial charge is 0.412 e. The largest absolute Gasteiger partial charge is 0.444 e. The number of anilines is 1. The molecule has 19 heavy (non-hydrogen) atoms. The molecule has 2 aromatic rings. The van der Waals surface area contributed by atoms with Gasteiger partial charge in [0.25, 0.3) is 0 Å². The lowest BCUT2D eigenvalue weighted by Crippen LogP contribution is -2.15. The lowest BCUT2D eigenvalue weighted by Gasteiger charge is -2.09. The Morgan fingerprint density at radius 2 is 2.05 bits per heavy atom. The third-order valence-electron chi connectivity index (χ3n) is 2.53. The Hall–Kier alpha value is -2.40. The van der Waals surface area contributed by atoms with E-state index in [1.807, 2.05) is 30.3 Å². The number of nitrogens with one attached hydrogen (secondary N) is 1. The van der Waals surface area contributed by atoms with E-state index < -0.39 is 6.09 Å². The van der Waals surface area contributed by atoms with Crippen LogP contribution in [0, 0.1) is 0 Å². The molecule has 2 rings (SSSR count). The molecule has 0 aliphatic carbocycles. The molecule has 0 saturated heterocycles. The van der Waals surface area contributed by atoms with Crippen molar-refractivity contribution in [1.82, 2.24) is 4.98 Å². The molecule has 0 unspecified atom stereocenters. The van der Waals surface area contributed by atoms with Gasteiger partial charge in [-0.1, -0.05) is 30.3 Å². The van der Waals surface area contributed by atoms with Crippen LogP contribution in [0.2, 0.25) is 0 Å². The zero-order chi connectivity index (χ0) is 13.5. The molecule has 0 saturated carbocycles. The number of hydrogen-bond acceptors (Lipinski definition) is 4. The Morgan fingerprint density at radius 3 is 2.79 bits per heavy atom. The summed E-state index contributed by atoms with van der Waals surface area (Å²) in [6.07, 6.45) is 2.44. The maximum Gasteiger partial charge on any atom is 0.412 e. The van der Waals surface area contributed by atoms with Crippen LogP contribution in [-0.2, 0) is 18.0 Å². The van der Waals surface area contributed by atoms with E-state index in [2.05, 4.69) is 10.3 Å². The fraction of sp³-hybridized carbons (Fsp3) is 0.143. The van der Waals surface area contributed by atoms with Crippen LogP contribution in [0.5, 0.6) is 0 Å². The Morgan fingerprint density at radius 1 is 1.26 bits per heavy atom. The predicted molar refractivity (Wildman–Crippen MR) is 70.4 cm³/mol. The number of carbonyl (C=O) groups excluding carboxylic acids is 1. The van der Waals surface area contributed by atoms with Crippen LogP contribution in [0.4, 0.5) is 10.5 Å². The SMILES string of the molecule is O=C(Nc1cnccc1CO)OCc1ccccc1. The third kappa shape index (κ3) is 3.79. The highest BCUT2D eigenvalue weighted by molar-refractivity contribution is 5.85. The minimum atomic E-state index is -0.577. The summed E-state index contributed by atoms with van der Waals surface area (Å²) >= 11 is 0. The molecule has 98 valence electrons. The molecule has 0 aliphatic heterocycles. The van der Waals surface area contributed by atoms with Crippen LogP contribution in [0.15, 0.2) is 48.8 Å². The van der Waals surface area contributed by atoms with Gasteiger partial charge in [-0.3, -0.25) is 10.3 Å². The molecule has 0 spiro atoms. The quantitative estimate of drug-likeness (QED) is 0.882. The van der Waals surface area contributed by atoms with Gasteiger partial charge in [0.1, 0.15) is 6.61 Å². The summed E-state index contributed by atoms with van der Waals surface area (Å²) in [5.74, 6) is 0. The number of pyridine rings is 1. The lowest BCUT2D eigenvalue weighted by molar-refractivity contribution is 0.155. The summed E-state index contributed by atoms with van der Waals surface area (Å²) in [6, 6.07) is 11.0. The molecule has 1 aromatic heterocycles. The summed E-state index contributed by atoms with van der Waals surface area (Å²) in [6.45, 7) is 0.0260. The van der Waals surface area contributed by atoms with Crippen LogP contribution in [0.25, 0.3) is 0 Å². The van der Waals surface area contributed by atoms with Crippen molar-refractivity contribution in [3.05, 3.63) is 59.9 Å². The van der Waals surface area contributed by atoms with Gasteiger partial charge in [0, 0.05) is 11.8 Å². The van der Waals surface area contributed by atoms with Crippen molar-refractivity contribution in [2.75, 3.05) is 5.32 Å². The van der Waals surface area contributed by atoms with Crippen molar-refractivity contribution in [3.63, 3.8) is 0 Å². The van der Waals surface area contributed by atoms with Crippen LogP contribution >= 0.6 is 0 Å². The molecule has 0 bridgehead atoms. The Kier molecular flexibility index (Phi) is 4.47. The van der Waals surface area contributed by atoms with E-state index in [0.29, 0.717) is 11.3 Å². The number of aliphatic hydroxyl groups is 1. The van der Waals surface area contributed by atoms with Gasteiger partial charge in [0.2, 0.25) is 0 Å². The van der Waals surface area contributed by atoms with Gasteiger partial charge < -0.3 is 9.84 Å². The molecule has 0 radical (unpaired) electrons. The van der Waals surface area contributed by atoms with E-state index in [0.717, 1.165) is 5.56 Å². The summed E-state index contributed by atoms with van der Waals surface area (Å²) in [5, 5.41) is 11.7. The maximum absolute atomic E-state index is 11.6. The Balaban J connectivity index is 1.91. The summed E-state index contributed by atoms with van der Waals surface area (Å²) in [4.78, 5) is 15.5. The molecule has 5 nitrogen and oxygen atoms in total. The Labute approximate surface area is 110 Å². The fourth-order valence-corrected chi connectivity index (χ4v) is 1.54.